The second-order valence-electron chi connectivity index (χ2n) is 8.02. The van der Waals surface area contributed by atoms with Gasteiger partial charge in [0.25, 0.3) is 11.8 Å². The van der Waals surface area contributed by atoms with E-state index in [1.807, 2.05) is 13.8 Å². The number of halogens is 1. The van der Waals surface area contributed by atoms with Gasteiger partial charge in [0.15, 0.2) is 0 Å². The van der Waals surface area contributed by atoms with Crippen molar-refractivity contribution in [3.05, 3.63) is 81.6 Å². The van der Waals surface area contributed by atoms with E-state index in [0.717, 1.165) is 10.6 Å². The Balaban J connectivity index is 1.73. The number of nitrogens with zero attached hydrogens (tertiary/aromatic N) is 2. The van der Waals surface area contributed by atoms with Gasteiger partial charge in [-0.3, -0.25) is 14.9 Å². The number of benzene rings is 2. The first kappa shape index (κ1) is 24.7. The number of urea groups is 1. The zero-order valence-electron chi connectivity index (χ0n) is 19.7. The van der Waals surface area contributed by atoms with Gasteiger partial charge in [-0.1, -0.05) is 11.6 Å². The number of anilines is 1. The van der Waals surface area contributed by atoms with E-state index in [4.69, 9.17) is 16.3 Å². The summed E-state index contributed by atoms with van der Waals surface area (Å²) < 4.78 is 7.18. The number of carbonyl (C=O) groups is 4. The van der Waals surface area contributed by atoms with Crippen LogP contribution in [-0.2, 0) is 9.59 Å². The van der Waals surface area contributed by atoms with E-state index in [0.29, 0.717) is 29.3 Å². The highest BCUT2D eigenvalue weighted by molar-refractivity contribution is 6.39. The first-order valence-electron chi connectivity index (χ1n) is 11.0. The third kappa shape index (κ3) is 4.48. The Bertz CT molecular complexity index is 1440. The van der Waals surface area contributed by atoms with Crippen LogP contribution in [0, 0.1) is 13.8 Å². The van der Waals surface area contributed by atoms with Gasteiger partial charge in [0.2, 0.25) is 0 Å². The second kappa shape index (κ2) is 9.71. The molecule has 10 heteroatoms. The van der Waals surface area contributed by atoms with Crippen LogP contribution in [0.15, 0.2) is 54.1 Å². The molecule has 1 aromatic heterocycles. The molecule has 2 N–H and O–H groups in total. The van der Waals surface area contributed by atoms with E-state index < -0.39 is 23.8 Å². The molecule has 1 fully saturated rings. The number of hydrogen-bond donors (Lipinski definition) is 2. The van der Waals surface area contributed by atoms with Crippen molar-refractivity contribution in [2.45, 2.75) is 20.8 Å². The molecule has 0 atom stereocenters. The van der Waals surface area contributed by atoms with E-state index >= 15 is 0 Å². The monoisotopic (exact) mass is 507 g/mol. The Kier molecular flexibility index (Phi) is 6.67. The average Bonchev–Trinajstić information content (AvgIpc) is 3.10. The predicted molar refractivity (Wildman–Crippen MR) is 134 cm³/mol. The Labute approximate surface area is 211 Å². The lowest BCUT2D eigenvalue weighted by molar-refractivity contribution is -0.122. The van der Waals surface area contributed by atoms with Crippen LogP contribution >= 0.6 is 11.6 Å². The largest absolute Gasteiger partial charge is 0.494 e. The van der Waals surface area contributed by atoms with Crippen LogP contribution < -0.4 is 15.0 Å². The first-order valence-corrected chi connectivity index (χ1v) is 11.4. The number of carbonyl (C=O) groups excluding carboxylic acids is 3. The summed E-state index contributed by atoms with van der Waals surface area (Å²) in [7, 11) is 0. The maximum absolute atomic E-state index is 13.2. The number of carboxylic acid groups (broad SMARTS) is 1. The molecule has 2 heterocycles. The van der Waals surface area contributed by atoms with Gasteiger partial charge in [-0.15, -0.1) is 0 Å². The quantitative estimate of drug-likeness (QED) is 0.374. The standard InChI is InChI=1S/C26H22ClN3O6/c1-4-36-19-8-5-17(6-9-19)30-24(32)21(23(31)28-26(30)35)12-16-11-14(2)29(15(16)3)18-7-10-22(27)20(13-18)25(33)34/h5-13H,4H2,1-3H3,(H,33,34)(H,28,31,35)/b21-12+. The molecule has 0 aliphatic carbocycles. The number of imide groups is 2. The summed E-state index contributed by atoms with van der Waals surface area (Å²) in [5.41, 5.74) is 2.52. The molecule has 1 aliphatic rings. The van der Waals surface area contributed by atoms with Crippen LogP contribution in [0.2, 0.25) is 5.02 Å². The van der Waals surface area contributed by atoms with E-state index in [1.165, 1.54) is 18.2 Å². The number of hydrogen-bond acceptors (Lipinski definition) is 5. The molecule has 9 nitrogen and oxygen atoms in total. The summed E-state index contributed by atoms with van der Waals surface area (Å²) >= 11 is 6.00. The van der Waals surface area contributed by atoms with Crippen molar-refractivity contribution in [2.75, 3.05) is 11.5 Å². The molecule has 184 valence electrons. The summed E-state index contributed by atoms with van der Waals surface area (Å²) in [6.07, 6.45) is 1.42. The molecule has 0 saturated carbocycles. The average molecular weight is 508 g/mol. The van der Waals surface area contributed by atoms with Crippen molar-refractivity contribution in [2.24, 2.45) is 0 Å². The van der Waals surface area contributed by atoms with Crippen LogP contribution in [0.1, 0.15) is 34.2 Å². The van der Waals surface area contributed by atoms with Crippen molar-refractivity contribution in [1.82, 2.24) is 9.88 Å². The molecule has 0 unspecified atom stereocenters. The van der Waals surface area contributed by atoms with Gasteiger partial charge in [-0.05, 0) is 80.9 Å². The lowest BCUT2D eigenvalue weighted by Crippen LogP contribution is -2.54. The van der Waals surface area contributed by atoms with Gasteiger partial charge in [0.05, 0.1) is 22.9 Å². The second-order valence-corrected chi connectivity index (χ2v) is 8.42. The number of ether oxygens (including phenoxy) is 1. The summed E-state index contributed by atoms with van der Waals surface area (Å²) in [6.45, 7) is 5.89. The minimum Gasteiger partial charge on any atom is -0.494 e. The zero-order valence-corrected chi connectivity index (χ0v) is 20.4. The predicted octanol–water partition coefficient (Wildman–Crippen LogP) is 4.51. The molecular weight excluding hydrogens is 486 g/mol. The molecule has 1 aliphatic heterocycles. The Morgan fingerprint density at radius 2 is 1.72 bits per heavy atom. The highest BCUT2D eigenvalue weighted by Gasteiger charge is 2.37. The van der Waals surface area contributed by atoms with Crippen LogP contribution in [-0.4, -0.2) is 40.1 Å². The maximum atomic E-state index is 13.2. The van der Waals surface area contributed by atoms with Crippen LogP contribution in [0.5, 0.6) is 5.75 Å². The molecule has 0 spiro atoms. The van der Waals surface area contributed by atoms with Gasteiger partial charge < -0.3 is 14.4 Å². The van der Waals surface area contributed by atoms with Crippen molar-refractivity contribution in [3.63, 3.8) is 0 Å². The molecule has 4 rings (SSSR count). The fourth-order valence-electron chi connectivity index (χ4n) is 4.05. The molecule has 0 bridgehead atoms. The van der Waals surface area contributed by atoms with Gasteiger partial charge in [0.1, 0.15) is 11.3 Å². The first-order chi connectivity index (χ1) is 17.1. The summed E-state index contributed by atoms with van der Waals surface area (Å²) in [4.78, 5) is 50.8. The smallest absolute Gasteiger partial charge is 0.337 e. The molecular formula is C26H22ClN3O6. The van der Waals surface area contributed by atoms with Gasteiger partial charge in [0, 0.05) is 17.1 Å². The summed E-state index contributed by atoms with van der Waals surface area (Å²) in [5, 5.41) is 11.7. The lowest BCUT2D eigenvalue weighted by Gasteiger charge is -2.26. The van der Waals surface area contributed by atoms with Crippen molar-refractivity contribution in [3.8, 4) is 11.4 Å². The number of amides is 4. The van der Waals surface area contributed by atoms with Crippen molar-refractivity contribution >= 4 is 47.2 Å². The normalized spacial score (nSPS) is 14.8. The molecule has 3 aromatic rings. The van der Waals surface area contributed by atoms with Crippen LogP contribution in [0.25, 0.3) is 11.8 Å². The van der Waals surface area contributed by atoms with Crippen molar-refractivity contribution < 1.29 is 29.0 Å². The Hall–Kier alpha value is -4.37. The van der Waals surface area contributed by atoms with Gasteiger partial charge in [-0.25, -0.2) is 14.5 Å². The number of barbiturate groups is 1. The molecule has 36 heavy (non-hydrogen) atoms. The Morgan fingerprint density at radius 3 is 2.36 bits per heavy atom. The topological polar surface area (TPSA) is 118 Å². The molecule has 1 saturated heterocycles. The number of aromatic nitrogens is 1. The van der Waals surface area contributed by atoms with Crippen molar-refractivity contribution in [1.29, 1.82) is 0 Å². The third-order valence-electron chi connectivity index (χ3n) is 5.72. The number of aromatic carboxylic acids is 1. The van der Waals surface area contributed by atoms with Gasteiger partial charge >= 0.3 is 12.0 Å². The van der Waals surface area contributed by atoms with Gasteiger partial charge in [-0.2, -0.15) is 0 Å². The fourth-order valence-corrected chi connectivity index (χ4v) is 4.25. The fraction of sp³-hybridized carbons (Fsp3) is 0.154. The van der Waals surface area contributed by atoms with E-state index in [1.54, 1.807) is 47.9 Å². The molecule has 4 amide bonds. The highest BCUT2D eigenvalue weighted by Crippen LogP contribution is 2.28. The molecule has 2 aromatic carbocycles. The highest BCUT2D eigenvalue weighted by atomic mass is 35.5. The number of nitrogens with one attached hydrogen (secondary N) is 1. The minimum atomic E-state index is -1.16. The van der Waals surface area contributed by atoms with E-state index in [-0.39, 0.29) is 21.8 Å². The third-order valence-corrected chi connectivity index (χ3v) is 6.05. The number of carboxylic acids is 1. The van der Waals surface area contributed by atoms with E-state index in [2.05, 4.69) is 5.32 Å². The lowest BCUT2D eigenvalue weighted by atomic mass is 10.1. The molecule has 0 radical (unpaired) electrons. The summed E-state index contributed by atoms with van der Waals surface area (Å²) in [5.74, 6) is -2.15. The van der Waals surface area contributed by atoms with Crippen LogP contribution in [0.3, 0.4) is 0 Å². The minimum absolute atomic E-state index is 0.0482. The Morgan fingerprint density at radius 1 is 1.06 bits per heavy atom. The maximum Gasteiger partial charge on any atom is 0.337 e. The number of aryl methyl sites for hydroxylation is 1. The van der Waals surface area contributed by atoms with Crippen LogP contribution in [0.4, 0.5) is 10.5 Å². The number of rotatable bonds is 6. The SMILES string of the molecule is CCOc1ccc(N2C(=O)NC(=O)/C(=C\c3cc(C)n(-c4ccc(Cl)c(C(=O)O)c4)c3C)C2=O)cc1. The summed E-state index contributed by atoms with van der Waals surface area (Å²) in [6, 6.07) is 11.9. The van der Waals surface area contributed by atoms with E-state index in [9.17, 15) is 24.3 Å². The zero-order chi connectivity index (χ0) is 26.1.